The molecule has 0 bridgehead atoms. The van der Waals surface area contributed by atoms with E-state index in [0.717, 1.165) is 66.3 Å². The van der Waals surface area contributed by atoms with Crippen LogP contribution in [0.5, 0.6) is 0 Å². The number of nitrogens with zero attached hydrogens (tertiary/aromatic N) is 8. The molecule has 0 saturated heterocycles. The predicted molar refractivity (Wildman–Crippen MR) is 330 cm³/mol. The fourth-order valence-corrected chi connectivity index (χ4v) is 10.8. The quantitative estimate of drug-likeness (QED) is 0.0462. The first-order valence-electron chi connectivity index (χ1n) is 24.0. The van der Waals surface area contributed by atoms with E-state index in [4.69, 9.17) is 116 Å². The van der Waals surface area contributed by atoms with Gasteiger partial charge in [-0.05, 0) is 138 Å². The van der Waals surface area contributed by atoms with Crippen LogP contribution < -0.4 is 5.84 Å². The molecule has 0 amide bonds. The number of carbonyl (C=O) groups excluding carboxylic acids is 3. The van der Waals surface area contributed by atoms with Crippen molar-refractivity contribution in [2.75, 3.05) is 5.84 Å². The molecule has 11 rings (SSSR count). The van der Waals surface area contributed by atoms with Crippen LogP contribution in [0, 0.1) is 4.77 Å². The second kappa shape index (κ2) is 28.3. The standard InChI is InChI=1S/C17H14Cl2N6S.2C9H7BrCl2O.C9H8Cl2O.C8H10N6S/c1-8-14(9-5-6-11(18)12(19)7-9)24-25-16(22-23-17(25)26-8)15-10-3-2-4-13(10)20-21-15;2*1-5(10)9(13)6-2-3-7(11)8(12)4-6;1-2-9(12)6-3-4-7(10)8(11)5-6;9-14-7(12-13-8(14)15)6-4-2-1-3-5(4)10-11-6/h5-8H,2-4H2,1H3,(H,20,21);2*2-5H,1H3;3-5H,2H2,1H3;1-3,9H2,(H,10,11)(H,13,15). The lowest BCUT2D eigenvalue weighted by Crippen LogP contribution is -2.21. The molecular formula is C52H46Br2Cl8N12O3S2. The second-order valence-corrected chi connectivity index (χ2v) is 25.3. The van der Waals surface area contributed by atoms with Crippen molar-refractivity contribution in [2.24, 2.45) is 5.10 Å². The van der Waals surface area contributed by atoms with Crippen LogP contribution in [0.2, 0.25) is 40.2 Å². The van der Waals surface area contributed by atoms with Crippen molar-refractivity contribution in [3.05, 3.63) is 163 Å². The zero-order valence-electron chi connectivity index (χ0n) is 42.1. The summed E-state index contributed by atoms with van der Waals surface area (Å²) in [6.07, 6.45) is 6.91. The first-order valence-corrected chi connectivity index (χ1v) is 30.2. The molecule has 0 spiro atoms. The molecule has 4 aromatic carbocycles. The van der Waals surface area contributed by atoms with Gasteiger partial charge in [0.1, 0.15) is 11.4 Å². The van der Waals surface area contributed by atoms with Crippen LogP contribution in [0.1, 0.15) is 106 Å². The maximum atomic E-state index is 11.5. The van der Waals surface area contributed by atoms with Crippen LogP contribution in [0.3, 0.4) is 0 Å². The summed E-state index contributed by atoms with van der Waals surface area (Å²) in [5, 5.41) is 39.7. The number of nitrogens with two attached hydrogens (primary N) is 1. The Bertz CT molecular complexity index is 3590. The fourth-order valence-electron chi connectivity index (χ4n) is 8.04. The number of hydrogen-bond acceptors (Lipinski definition) is 12. The highest BCUT2D eigenvalue weighted by Gasteiger charge is 2.30. The third-order valence-corrected chi connectivity index (χ3v) is 17.3. The van der Waals surface area contributed by atoms with Gasteiger partial charge < -0.3 is 5.84 Å². The highest BCUT2D eigenvalue weighted by molar-refractivity contribution is 9.10. The number of thioether (sulfide) groups is 1. The Morgan fingerprint density at radius 2 is 1.10 bits per heavy atom. The van der Waals surface area contributed by atoms with E-state index in [0.29, 0.717) is 79.7 Å². The number of nitrogens with one attached hydrogen (secondary N) is 3. The first kappa shape index (κ1) is 62.5. The normalized spacial score (nSPS) is 14.5. The summed E-state index contributed by atoms with van der Waals surface area (Å²) in [5.41, 5.74) is 10.1. The van der Waals surface area contributed by atoms with Gasteiger partial charge in [0, 0.05) is 51.2 Å². The number of H-pyrrole nitrogens is 3. The van der Waals surface area contributed by atoms with E-state index >= 15 is 0 Å². The zero-order valence-corrected chi connectivity index (χ0v) is 52.9. The van der Waals surface area contributed by atoms with Gasteiger partial charge >= 0.3 is 0 Å². The van der Waals surface area contributed by atoms with Gasteiger partial charge in [0.15, 0.2) is 17.3 Å². The van der Waals surface area contributed by atoms with Crippen LogP contribution in [0.4, 0.5) is 0 Å². The lowest BCUT2D eigenvalue weighted by atomic mass is 10.1. The Balaban J connectivity index is 0.000000149. The Morgan fingerprint density at radius 3 is 1.54 bits per heavy atom. The largest absolute Gasteiger partial charge is 0.335 e. The van der Waals surface area contributed by atoms with Crippen molar-refractivity contribution < 1.29 is 14.4 Å². The van der Waals surface area contributed by atoms with Crippen LogP contribution >= 0.6 is 149 Å². The van der Waals surface area contributed by atoms with E-state index in [1.165, 1.54) is 27.2 Å². The average molecular weight is 1390 g/mol. The van der Waals surface area contributed by atoms with Crippen molar-refractivity contribution >= 4 is 172 Å². The first-order chi connectivity index (χ1) is 37.6. The van der Waals surface area contributed by atoms with Gasteiger partial charge in [0.25, 0.3) is 0 Å². The molecule has 15 nitrogen and oxygen atoms in total. The van der Waals surface area contributed by atoms with E-state index in [-0.39, 0.29) is 32.3 Å². The molecule has 4 aromatic heterocycles. The maximum Gasteiger partial charge on any atom is 0.214 e. The maximum absolute atomic E-state index is 11.5. The van der Waals surface area contributed by atoms with E-state index in [1.807, 2.05) is 19.1 Å². The molecule has 5 N–H and O–H groups in total. The second-order valence-electron chi connectivity index (χ2n) is 17.6. The number of halogens is 10. The minimum absolute atomic E-state index is 0.00133. The number of aryl methyl sites for hydroxylation is 2. The molecule has 0 saturated carbocycles. The lowest BCUT2D eigenvalue weighted by Gasteiger charge is -2.20. The van der Waals surface area contributed by atoms with Gasteiger partial charge in [-0.2, -0.15) is 25.1 Å². The van der Waals surface area contributed by atoms with Gasteiger partial charge in [-0.15, -0.1) is 10.2 Å². The van der Waals surface area contributed by atoms with Crippen molar-refractivity contribution in [3.8, 4) is 23.0 Å². The molecule has 0 radical (unpaired) electrons. The van der Waals surface area contributed by atoms with Gasteiger partial charge in [0.2, 0.25) is 21.6 Å². The van der Waals surface area contributed by atoms with Crippen LogP contribution in [0.15, 0.2) is 83.1 Å². The summed E-state index contributed by atoms with van der Waals surface area (Å²) in [6.45, 7) is 7.44. The summed E-state index contributed by atoms with van der Waals surface area (Å²) in [7, 11) is 0. The number of aromatic amines is 3. The highest BCUT2D eigenvalue weighted by Crippen LogP contribution is 2.37. The number of ketones is 3. The van der Waals surface area contributed by atoms with Gasteiger partial charge in [-0.3, -0.25) is 24.6 Å². The summed E-state index contributed by atoms with van der Waals surface area (Å²) in [5.74, 6) is 7.10. The fraction of sp³-hybridized carbons (Fsp3) is 0.269. The molecule has 5 heterocycles. The molecule has 414 valence electrons. The van der Waals surface area contributed by atoms with Crippen LogP contribution in [0.25, 0.3) is 23.0 Å². The third-order valence-electron chi connectivity index (χ3n) is 12.1. The number of carbonyl (C=O) groups is 3. The smallest absolute Gasteiger partial charge is 0.214 e. The monoisotopic (exact) mass is 1390 g/mol. The summed E-state index contributed by atoms with van der Waals surface area (Å²) >= 11 is 59.6. The molecular weight excluding hydrogens is 1350 g/mol. The third kappa shape index (κ3) is 15.3. The SMILES string of the molecule is CC(Br)C(=O)c1ccc(Cl)c(Cl)c1.CC(Br)C(=O)c1ccc(Cl)c(Cl)c1.CC1Sc2nnc(-c3n[nH]c4c3CCC4)n2N=C1c1ccc(Cl)c(Cl)c1.CCC(=O)c1ccc(Cl)c(Cl)c1.Nn1c(-c2n[nH]c3c2CCC3)n[nH]c1=S. The molecule has 2 aliphatic carbocycles. The lowest BCUT2D eigenvalue weighted by molar-refractivity contribution is 0.0982. The predicted octanol–water partition coefficient (Wildman–Crippen LogP) is 16.2. The summed E-state index contributed by atoms with van der Waals surface area (Å²) in [4.78, 5) is 33.7. The highest BCUT2D eigenvalue weighted by atomic mass is 79.9. The summed E-state index contributed by atoms with van der Waals surface area (Å²) < 4.78 is 3.54. The molecule has 3 aliphatic rings. The van der Waals surface area contributed by atoms with Gasteiger partial charge in [-0.25, -0.2) is 9.77 Å². The Hall–Kier alpha value is -4.09. The number of Topliss-reactive ketones (excluding diaryl/α,β-unsaturated/α-hetero) is 3. The summed E-state index contributed by atoms with van der Waals surface area (Å²) in [6, 6.07) is 20.2. The van der Waals surface area contributed by atoms with Crippen molar-refractivity contribution in [2.45, 2.75) is 92.7 Å². The molecule has 79 heavy (non-hydrogen) atoms. The van der Waals surface area contributed by atoms with Crippen molar-refractivity contribution in [1.82, 2.24) is 50.1 Å². The minimum Gasteiger partial charge on any atom is -0.335 e. The minimum atomic E-state index is -0.204. The van der Waals surface area contributed by atoms with E-state index < -0.39 is 0 Å². The molecule has 3 unspecified atom stereocenters. The number of hydrogen-bond donors (Lipinski definition) is 4. The zero-order chi connectivity index (χ0) is 57.4. The molecule has 0 fully saturated rings. The van der Waals surface area contributed by atoms with E-state index in [2.05, 4.69) is 79.6 Å². The number of benzene rings is 4. The van der Waals surface area contributed by atoms with E-state index in [9.17, 15) is 14.4 Å². The number of rotatable bonds is 9. The van der Waals surface area contributed by atoms with E-state index in [1.54, 1.807) is 90.9 Å². The number of fused-ring (bicyclic) bond motifs is 3. The number of nitrogen functional groups attached to an aromatic ring is 1. The average Bonchev–Trinajstić information content (AvgIpc) is 4.34. The van der Waals surface area contributed by atoms with Crippen molar-refractivity contribution in [3.63, 3.8) is 0 Å². The van der Waals surface area contributed by atoms with Gasteiger partial charge in [-0.1, -0.05) is 149 Å². The van der Waals surface area contributed by atoms with Crippen LogP contribution in [-0.2, 0) is 25.7 Å². The number of alkyl halides is 2. The topological polar surface area (TPSA) is 211 Å². The molecule has 3 atom stereocenters. The van der Waals surface area contributed by atoms with Crippen molar-refractivity contribution in [1.29, 1.82) is 0 Å². The molecule has 27 heteroatoms. The molecule has 8 aromatic rings. The Labute approximate surface area is 520 Å². The van der Waals surface area contributed by atoms with Crippen LogP contribution in [-0.4, -0.2) is 88.1 Å². The number of aromatic nitrogens is 10. The Morgan fingerprint density at radius 1 is 0.646 bits per heavy atom. The van der Waals surface area contributed by atoms with Gasteiger partial charge in [0.05, 0.1) is 60.8 Å². The Kier molecular flexibility index (Phi) is 22.4. The molecule has 1 aliphatic heterocycles.